The van der Waals surface area contributed by atoms with E-state index in [0.717, 1.165) is 38.5 Å². The second-order valence-electron chi connectivity index (χ2n) is 21.4. The van der Waals surface area contributed by atoms with Crippen LogP contribution in [0.4, 0.5) is 9.59 Å². The van der Waals surface area contributed by atoms with Crippen molar-refractivity contribution in [2.24, 2.45) is 11.8 Å². The Balaban J connectivity index is 0.000000313. The Morgan fingerprint density at radius 3 is 2.14 bits per heavy atom. The van der Waals surface area contributed by atoms with Gasteiger partial charge in [0.05, 0.1) is 25.4 Å². The Morgan fingerprint density at radius 2 is 1.51 bits per heavy atom. The molecule has 10 atom stereocenters. The molecular formula is C52H82N6O14. The van der Waals surface area contributed by atoms with E-state index in [9.17, 15) is 48.6 Å². The summed E-state index contributed by atoms with van der Waals surface area (Å²) in [6, 6.07) is -3.77. The summed E-state index contributed by atoms with van der Waals surface area (Å²) in [5, 5.41) is 31.6. The third-order valence-corrected chi connectivity index (χ3v) is 13.1. The maximum Gasteiger partial charge on any atom is 0.408 e. The van der Waals surface area contributed by atoms with E-state index in [2.05, 4.69) is 34.4 Å². The van der Waals surface area contributed by atoms with Crippen LogP contribution in [0.25, 0.3) is 0 Å². The van der Waals surface area contributed by atoms with Crippen LogP contribution in [0.3, 0.4) is 0 Å². The smallest absolute Gasteiger partial charge is 0.408 e. The van der Waals surface area contributed by atoms with Crippen LogP contribution in [0.15, 0.2) is 37.5 Å². The molecule has 0 aromatic carbocycles. The molecule has 6 N–H and O–H groups in total. The van der Waals surface area contributed by atoms with Crippen molar-refractivity contribution in [3.8, 4) is 0 Å². The number of alkyl carbamates (subject to hydrolysis) is 2. The number of β-amino-alcohol motifs (C(OH)–C–C–N with tert-alkyl or cyclic N) is 1. The number of nitrogens with one attached hydrogen (secondary N) is 4. The molecule has 404 valence electrons. The number of fused-ring (bicyclic) bond motifs is 2. The lowest BCUT2D eigenvalue weighted by molar-refractivity contribution is -0.150. The van der Waals surface area contributed by atoms with Gasteiger partial charge < -0.3 is 60.2 Å². The molecule has 3 aliphatic heterocycles. The van der Waals surface area contributed by atoms with Crippen molar-refractivity contribution in [1.29, 1.82) is 0 Å². The average molecular weight is 1020 g/mol. The summed E-state index contributed by atoms with van der Waals surface area (Å²) in [6.45, 7) is 21.5. The molecule has 2 aliphatic carbocycles. The fourth-order valence-corrected chi connectivity index (χ4v) is 9.37. The lowest BCUT2D eigenvalue weighted by Gasteiger charge is -2.30. The third kappa shape index (κ3) is 16.5. The Bertz CT molecular complexity index is 2000. The van der Waals surface area contributed by atoms with Crippen LogP contribution in [0.2, 0.25) is 0 Å². The number of unbranched alkanes of at least 4 members (excludes halogenated alkanes) is 3. The molecule has 4 fully saturated rings. The summed E-state index contributed by atoms with van der Waals surface area (Å²) >= 11 is 0. The molecule has 0 spiro atoms. The van der Waals surface area contributed by atoms with Gasteiger partial charge in [0.15, 0.2) is 0 Å². The summed E-state index contributed by atoms with van der Waals surface area (Å²) in [5.74, 6) is -3.47. The van der Waals surface area contributed by atoms with Gasteiger partial charge >= 0.3 is 24.1 Å². The molecule has 20 heteroatoms. The average Bonchev–Trinajstić information content (AvgIpc) is 4.08. The number of hydrogen-bond donors (Lipinski definition) is 6. The molecule has 0 bridgehead atoms. The van der Waals surface area contributed by atoms with E-state index in [1.165, 1.54) is 9.80 Å². The second-order valence-corrected chi connectivity index (χ2v) is 21.4. The van der Waals surface area contributed by atoms with Gasteiger partial charge in [-0.2, -0.15) is 0 Å². The number of aliphatic hydroxyl groups is 2. The number of ether oxygens (including phenoxy) is 4. The van der Waals surface area contributed by atoms with Gasteiger partial charge in [-0.1, -0.05) is 50.0 Å². The maximum atomic E-state index is 13.6. The summed E-state index contributed by atoms with van der Waals surface area (Å²) in [7, 11) is 0. The predicted octanol–water partition coefficient (Wildman–Crippen LogP) is 4.40. The van der Waals surface area contributed by atoms with Crippen molar-refractivity contribution in [3.63, 3.8) is 0 Å². The molecule has 72 heavy (non-hydrogen) atoms. The van der Waals surface area contributed by atoms with Gasteiger partial charge in [-0.3, -0.25) is 19.2 Å². The number of hydrogen-bond acceptors (Lipinski definition) is 14. The number of allylic oxidation sites excluding steroid dienone is 2. The topological polar surface area (TPSA) is 269 Å². The standard InChI is InChI=1S/C27H43N3O7.C25H39N3O7/c1-7-10-11-12-13-14-20(28-25(35)37-26(4,5)6)23(33)30-17-19(31)15-21(30)22(32)29-27(16-18(27)8-2)24(34)36-9-3;1-5-34-22(32)25-14-16(25)11-9-7-6-8-10-12-18(26-23(33)35-24(2,3)4)21(31)28-15-17(29)13-19(28)20(30)27-25/h7-8,18-21,31H,1-2,9-17H2,3-6H3,(H,28,35)(H,29,32);9,11,16-19,29H,5-8,10,12-15H2,1-4H3,(H,26,33)(H,27,30)/b;11-9-/t18-,19-,20+,21+,27-;16-,17-,18+,19+,25-/m11/s1. The van der Waals surface area contributed by atoms with Crippen LogP contribution >= 0.6 is 0 Å². The minimum Gasteiger partial charge on any atom is -0.464 e. The first-order valence-electron chi connectivity index (χ1n) is 25.7. The molecule has 2 saturated carbocycles. The summed E-state index contributed by atoms with van der Waals surface area (Å²) in [5.41, 5.74) is -3.84. The molecular weight excluding hydrogens is 933 g/mol. The first-order chi connectivity index (χ1) is 33.8. The van der Waals surface area contributed by atoms with Crippen LogP contribution in [0.1, 0.15) is 145 Å². The highest BCUT2D eigenvalue weighted by Gasteiger charge is 2.63. The number of esters is 2. The summed E-state index contributed by atoms with van der Waals surface area (Å²) < 4.78 is 21.1. The predicted molar refractivity (Wildman–Crippen MR) is 265 cm³/mol. The van der Waals surface area contributed by atoms with Gasteiger partial charge in [0, 0.05) is 37.8 Å². The van der Waals surface area contributed by atoms with E-state index in [4.69, 9.17) is 18.9 Å². The highest BCUT2D eigenvalue weighted by atomic mass is 16.6. The monoisotopic (exact) mass is 1010 g/mol. The lowest BCUT2D eigenvalue weighted by atomic mass is 10.0. The number of aliphatic hydroxyl groups excluding tert-OH is 2. The number of nitrogens with zero attached hydrogens (tertiary/aromatic N) is 2. The molecule has 6 amide bonds. The van der Waals surface area contributed by atoms with E-state index < -0.39 is 106 Å². The summed E-state index contributed by atoms with van der Waals surface area (Å²) in [4.78, 5) is 107. The Kier molecular flexibility index (Phi) is 21.3. The van der Waals surface area contributed by atoms with Gasteiger partial charge in [0.25, 0.3) is 0 Å². The highest BCUT2D eigenvalue weighted by molar-refractivity contribution is 5.98. The van der Waals surface area contributed by atoms with E-state index >= 15 is 0 Å². The van der Waals surface area contributed by atoms with Gasteiger partial charge in [-0.15, -0.1) is 13.2 Å². The van der Waals surface area contributed by atoms with Crippen molar-refractivity contribution < 1.29 is 67.5 Å². The van der Waals surface area contributed by atoms with Gasteiger partial charge in [-0.25, -0.2) is 19.2 Å². The fourth-order valence-electron chi connectivity index (χ4n) is 9.37. The number of amides is 6. The zero-order valence-corrected chi connectivity index (χ0v) is 43.8. The molecule has 2 saturated heterocycles. The molecule has 0 radical (unpaired) electrons. The van der Waals surface area contributed by atoms with Crippen LogP contribution in [0, 0.1) is 11.8 Å². The maximum absolute atomic E-state index is 13.6. The van der Waals surface area contributed by atoms with E-state index in [1.54, 1.807) is 61.5 Å². The van der Waals surface area contributed by atoms with Crippen molar-refractivity contribution >= 4 is 47.8 Å². The van der Waals surface area contributed by atoms with Crippen LogP contribution in [-0.2, 0) is 47.7 Å². The molecule has 20 nitrogen and oxygen atoms in total. The highest BCUT2D eigenvalue weighted by Crippen LogP contribution is 2.47. The Hall–Kier alpha value is -5.50. The minimum absolute atomic E-state index is 0.0216. The van der Waals surface area contributed by atoms with Crippen molar-refractivity contribution in [3.05, 3.63) is 37.5 Å². The summed E-state index contributed by atoms with van der Waals surface area (Å²) in [6.07, 6.45) is 12.3. The minimum atomic E-state index is -1.21. The van der Waals surface area contributed by atoms with Crippen molar-refractivity contribution in [1.82, 2.24) is 31.1 Å². The normalized spacial score (nSPS) is 29.1. The zero-order chi connectivity index (χ0) is 53.6. The largest absolute Gasteiger partial charge is 0.464 e. The van der Waals surface area contributed by atoms with Crippen molar-refractivity contribution in [2.75, 3.05) is 26.3 Å². The van der Waals surface area contributed by atoms with Crippen molar-refractivity contribution in [2.45, 2.75) is 204 Å². The van der Waals surface area contributed by atoms with E-state index in [0.29, 0.717) is 38.5 Å². The molecule has 3 heterocycles. The fraction of sp³-hybridized carbons (Fsp3) is 0.731. The molecule has 0 unspecified atom stereocenters. The molecule has 0 aromatic rings. The lowest BCUT2D eigenvalue weighted by Crippen LogP contribution is -2.56. The number of carbonyl (C=O) groups excluding carboxylic acids is 8. The SMILES string of the molecule is C=CCCCCC[C@H](NC(=O)OC(C)(C)C)C(=O)N1C[C@H](O)C[C@H]1C(=O)N[C@]1(C(=O)OCC)C[C@H]1C=C.CCOC(=O)[C@@]12C[C@H]1/C=C\CCCCC[C@H](NC(=O)OC(C)(C)C)C(=O)N1C[C@H](O)C[C@H]1C(=O)N2. The number of likely N-dealkylation sites (tertiary alicyclic amines) is 1. The molecule has 5 rings (SSSR count). The second kappa shape index (κ2) is 25.9. The van der Waals surface area contributed by atoms with Gasteiger partial charge in [0.1, 0.15) is 46.4 Å². The van der Waals surface area contributed by atoms with Crippen LogP contribution in [0.5, 0.6) is 0 Å². The van der Waals surface area contributed by atoms with Crippen LogP contribution < -0.4 is 21.3 Å². The number of rotatable bonds is 16. The van der Waals surface area contributed by atoms with Gasteiger partial charge in [-0.05, 0) is 107 Å². The quantitative estimate of drug-likeness (QED) is 0.0542. The first kappa shape index (κ1) is 59.1. The Morgan fingerprint density at radius 1 is 0.861 bits per heavy atom. The zero-order valence-electron chi connectivity index (χ0n) is 43.8. The molecule has 5 aliphatic rings. The van der Waals surface area contributed by atoms with E-state index in [-0.39, 0.29) is 51.0 Å². The number of carbonyl (C=O) groups is 8. The van der Waals surface area contributed by atoms with E-state index in [1.807, 2.05) is 18.2 Å². The Labute approximate surface area is 424 Å². The first-order valence-corrected chi connectivity index (χ1v) is 25.7. The van der Waals surface area contributed by atoms with Crippen LogP contribution in [-0.4, -0.2) is 153 Å². The van der Waals surface area contributed by atoms with Gasteiger partial charge in [0.2, 0.25) is 23.6 Å². The molecule has 0 aromatic heterocycles. The third-order valence-electron chi connectivity index (χ3n) is 13.1.